The molecule has 0 spiro atoms. The molecule has 1 atom stereocenters. The number of nitrogens with zero attached hydrogens (tertiary/aromatic N) is 2. The number of hydrogen-bond acceptors (Lipinski definition) is 4. The van der Waals surface area contributed by atoms with Crippen molar-refractivity contribution in [2.75, 3.05) is 18.4 Å². The molecule has 0 aliphatic carbocycles. The zero-order valence-corrected chi connectivity index (χ0v) is 11.2. The number of amides is 2. The van der Waals surface area contributed by atoms with Crippen molar-refractivity contribution >= 4 is 17.5 Å². The Kier molecular flexibility index (Phi) is 3.65. The Bertz CT molecular complexity index is 636. The summed E-state index contributed by atoms with van der Waals surface area (Å²) in [6.45, 7) is 0.689. The van der Waals surface area contributed by atoms with Crippen molar-refractivity contribution < 1.29 is 9.59 Å². The molecule has 7 heteroatoms. The molecule has 0 saturated carbocycles. The predicted octanol–water partition coefficient (Wildman–Crippen LogP) is -0.101. The maximum absolute atomic E-state index is 12.0. The molecule has 0 radical (unpaired) electrons. The van der Waals surface area contributed by atoms with Gasteiger partial charge >= 0.3 is 0 Å². The van der Waals surface area contributed by atoms with Gasteiger partial charge in [0, 0.05) is 30.3 Å². The second-order valence-corrected chi connectivity index (χ2v) is 4.76. The summed E-state index contributed by atoms with van der Waals surface area (Å²) < 4.78 is 1.87. The Hall–Kier alpha value is -2.67. The summed E-state index contributed by atoms with van der Waals surface area (Å²) in [6, 6.07) is 6.85. The molecule has 21 heavy (non-hydrogen) atoms. The minimum atomic E-state index is -0.542. The van der Waals surface area contributed by atoms with Gasteiger partial charge in [-0.25, -0.2) is 4.98 Å². The number of piperazine rings is 1. The molecule has 1 aliphatic heterocycles. The fraction of sp³-hybridized carbons (Fsp3) is 0.214. The number of carbonyl (C=O) groups is 2. The maximum atomic E-state index is 12.0. The van der Waals surface area contributed by atoms with E-state index >= 15 is 0 Å². The number of imidazole rings is 1. The van der Waals surface area contributed by atoms with Crippen LogP contribution in [0.4, 0.5) is 5.69 Å². The molecule has 1 aromatic carbocycles. The fourth-order valence-electron chi connectivity index (χ4n) is 2.14. The first kappa shape index (κ1) is 13.3. The standard InChI is InChI=1S/C14H15N5O2/c20-13-8-16-7-12(18-13)14(21)17-10-1-3-11(4-2-10)19-6-5-15-9-19/h1-6,9,12,16H,7-8H2,(H,17,21)(H,18,20)/t12-/m1/s1. The van der Waals surface area contributed by atoms with E-state index in [1.165, 1.54) is 0 Å². The van der Waals surface area contributed by atoms with E-state index in [0.29, 0.717) is 12.2 Å². The summed E-state index contributed by atoms with van der Waals surface area (Å²) in [6.07, 6.45) is 5.25. The molecular weight excluding hydrogens is 270 g/mol. The van der Waals surface area contributed by atoms with E-state index < -0.39 is 6.04 Å². The summed E-state index contributed by atoms with van der Waals surface area (Å²) in [5, 5.41) is 8.33. The van der Waals surface area contributed by atoms with Crippen molar-refractivity contribution in [3.8, 4) is 5.69 Å². The van der Waals surface area contributed by atoms with Gasteiger partial charge in [-0.2, -0.15) is 0 Å². The monoisotopic (exact) mass is 285 g/mol. The van der Waals surface area contributed by atoms with Gasteiger partial charge in [0.05, 0.1) is 12.9 Å². The molecule has 2 amide bonds. The lowest BCUT2D eigenvalue weighted by Gasteiger charge is -2.23. The lowest BCUT2D eigenvalue weighted by Crippen LogP contribution is -2.57. The van der Waals surface area contributed by atoms with Gasteiger partial charge in [-0.15, -0.1) is 0 Å². The van der Waals surface area contributed by atoms with Crippen LogP contribution in [0.15, 0.2) is 43.0 Å². The van der Waals surface area contributed by atoms with Crippen molar-refractivity contribution in [3.63, 3.8) is 0 Å². The molecule has 0 bridgehead atoms. The van der Waals surface area contributed by atoms with Gasteiger partial charge in [0.2, 0.25) is 11.8 Å². The number of aromatic nitrogens is 2. The molecule has 2 aromatic rings. The topological polar surface area (TPSA) is 88.1 Å². The van der Waals surface area contributed by atoms with Crippen LogP contribution in [0, 0.1) is 0 Å². The Balaban J connectivity index is 1.65. The zero-order chi connectivity index (χ0) is 14.7. The molecule has 108 valence electrons. The average Bonchev–Trinajstić information content (AvgIpc) is 3.02. The molecular formula is C14H15N5O2. The zero-order valence-electron chi connectivity index (χ0n) is 11.2. The van der Waals surface area contributed by atoms with E-state index in [9.17, 15) is 9.59 Å². The minimum absolute atomic E-state index is 0.170. The van der Waals surface area contributed by atoms with Crippen LogP contribution >= 0.6 is 0 Å². The van der Waals surface area contributed by atoms with Crippen molar-refractivity contribution in [1.82, 2.24) is 20.2 Å². The summed E-state index contributed by atoms with van der Waals surface area (Å²) in [4.78, 5) is 27.3. The highest BCUT2D eigenvalue weighted by Crippen LogP contribution is 2.13. The quantitative estimate of drug-likeness (QED) is 0.735. The van der Waals surface area contributed by atoms with Crippen molar-refractivity contribution in [2.45, 2.75) is 6.04 Å². The van der Waals surface area contributed by atoms with Crippen LogP contribution in [0.5, 0.6) is 0 Å². The number of anilines is 1. The highest BCUT2D eigenvalue weighted by atomic mass is 16.2. The third-order valence-corrected chi connectivity index (χ3v) is 3.22. The number of benzene rings is 1. The molecule has 1 aromatic heterocycles. The smallest absolute Gasteiger partial charge is 0.248 e. The van der Waals surface area contributed by atoms with E-state index in [1.54, 1.807) is 12.5 Å². The van der Waals surface area contributed by atoms with Crippen LogP contribution in [0.1, 0.15) is 0 Å². The maximum Gasteiger partial charge on any atom is 0.248 e. The molecule has 3 rings (SSSR count). The third-order valence-electron chi connectivity index (χ3n) is 3.22. The fourth-order valence-corrected chi connectivity index (χ4v) is 2.14. The van der Waals surface area contributed by atoms with Gasteiger partial charge in [-0.3, -0.25) is 9.59 Å². The summed E-state index contributed by atoms with van der Waals surface area (Å²) in [7, 11) is 0. The number of rotatable bonds is 3. The second kappa shape index (κ2) is 5.76. The SMILES string of the molecule is O=C1CNC[C@H](C(=O)Nc2ccc(-n3ccnc3)cc2)N1. The lowest BCUT2D eigenvalue weighted by molar-refractivity contribution is -0.127. The molecule has 2 heterocycles. The van der Waals surface area contributed by atoms with Crippen LogP contribution in [0.25, 0.3) is 5.69 Å². The lowest BCUT2D eigenvalue weighted by atomic mass is 10.2. The first-order valence-electron chi connectivity index (χ1n) is 6.62. The Morgan fingerprint density at radius 3 is 2.81 bits per heavy atom. The van der Waals surface area contributed by atoms with E-state index in [1.807, 2.05) is 35.0 Å². The van der Waals surface area contributed by atoms with Crippen molar-refractivity contribution in [3.05, 3.63) is 43.0 Å². The van der Waals surface area contributed by atoms with Gasteiger partial charge in [0.15, 0.2) is 0 Å². The molecule has 1 aliphatic rings. The van der Waals surface area contributed by atoms with Crippen LogP contribution in [-0.2, 0) is 9.59 Å². The van der Waals surface area contributed by atoms with Gasteiger partial charge in [-0.05, 0) is 24.3 Å². The van der Waals surface area contributed by atoms with Gasteiger partial charge in [-0.1, -0.05) is 0 Å². The highest BCUT2D eigenvalue weighted by Gasteiger charge is 2.24. The van der Waals surface area contributed by atoms with E-state index in [4.69, 9.17) is 0 Å². The largest absolute Gasteiger partial charge is 0.342 e. The van der Waals surface area contributed by atoms with Gasteiger partial charge < -0.3 is 20.5 Å². The first-order chi connectivity index (χ1) is 10.2. The average molecular weight is 285 g/mol. The summed E-state index contributed by atoms with van der Waals surface area (Å²) in [5.74, 6) is -0.400. The third kappa shape index (κ3) is 3.09. The van der Waals surface area contributed by atoms with Crippen molar-refractivity contribution in [1.29, 1.82) is 0 Å². The second-order valence-electron chi connectivity index (χ2n) is 4.76. The molecule has 3 N–H and O–H groups in total. The van der Waals surface area contributed by atoms with Crippen LogP contribution < -0.4 is 16.0 Å². The van der Waals surface area contributed by atoms with Crippen LogP contribution in [0.3, 0.4) is 0 Å². The van der Waals surface area contributed by atoms with Gasteiger partial charge in [0.1, 0.15) is 6.04 Å². The Morgan fingerprint density at radius 2 is 2.14 bits per heavy atom. The van der Waals surface area contributed by atoms with E-state index in [0.717, 1.165) is 5.69 Å². The molecule has 0 unspecified atom stereocenters. The summed E-state index contributed by atoms with van der Waals surface area (Å²) in [5.41, 5.74) is 1.64. The predicted molar refractivity (Wildman–Crippen MR) is 77.0 cm³/mol. The van der Waals surface area contributed by atoms with Crippen LogP contribution in [-0.4, -0.2) is 40.5 Å². The number of hydrogen-bond donors (Lipinski definition) is 3. The Labute approximate surface area is 121 Å². The summed E-state index contributed by atoms with van der Waals surface area (Å²) >= 11 is 0. The molecule has 1 fully saturated rings. The van der Waals surface area contributed by atoms with Crippen LogP contribution in [0.2, 0.25) is 0 Å². The molecule has 7 nitrogen and oxygen atoms in total. The van der Waals surface area contributed by atoms with E-state index in [-0.39, 0.29) is 18.4 Å². The van der Waals surface area contributed by atoms with E-state index in [2.05, 4.69) is 20.9 Å². The van der Waals surface area contributed by atoms with Gasteiger partial charge in [0.25, 0.3) is 0 Å². The number of carbonyl (C=O) groups excluding carboxylic acids is 2. The normalized spacial score (nSPS) is 18.1. The van der Waals surface area contributed by atoms with Crippen molar-refractivity contribution in [2.24, 2.45) is 0 Å². The minimum Gasteiger partial charge on any atom is -0.342 e. The Morgan fingerprint density at radius 1 is 1.33 bits per heavy atom. The first-order valence-corrected chi connectivity index (χ1v) is 6.62. The number of nitrogens with one attached hydrogen (secondary N) is 3. The highest BCUT2D eigenvalue weighted by molar-refractivity contribution is 5.98. The molecule has 1 saturated heterocycles.